The van der Waals surface area contributed by atoms with Gasteiger partial charge in [0.15, 0.2) is 0 Å². The Hall–Kier alpha value is -1.76. The number of rotatable bonds is 12. The van der Waals surface area contributed by atoms with Crippen molar-refractivity contribution in [3.05, 3.63) is 47.7 Å². The van der Waals surface area contributed by atoms with Crippen LogP contribution in [0.3, 0.4) is 0 Å². The zero-order valence-corrected chi connectivity index (χ0v) is 19.8. The fourth-order valence-electron chi connectivity index (χ4n) is 2.42. The molecule has 1 aromatic carbocycles. The second-order valence-corrected chi connectivity index (χ2v) is 7.70. The SMILES string of the molecule is CC.CC/C(=C\C=C(/C)C(CO)Sc1ccccc1N(C=O)CCN(C)C)OC. The van der Waals surface area contributed by atoms with Crippen molar-refractivity contribution in [2.75, 3.05) is 45.8 Å². The monoisotopic (exact) mass is 422 g/mol. The van der Waals surface area contributed by atoms with Crippen LogP contribution in [0.4, 0.5) is 5.69 Å². The van der Waals surface area contributed by atoms with Crippen molar-refractivity contribution < 1.29 is 14.6 Å². The minimum atomic E-state index is -0.0975. The molecule has 0 aliphatic rings. The summed E-state index contributed by atoms with van der Waals surface area (Å²) in [6, 6.07) is 7.82. The lowest BCUT2D eigenvalue weighted by atomic mass is 10.2. The van der Waals surface area contributed by atoms with Crippen molar-refractivity contribution in [2.24, 2.45) is 0 Å². The van der Waals surface area contributed by atoms with Crippen LogP contribution in [0.5, 0.6) is 0 Å². The van der Waals surface area contributed by atoms with Crippen molar-refractivity contribution in [1.82, 2.24) is 4.90 Å². The summed E-state index contributed by atoms with van der Waals surface area (Å²) in [6.45, 7) is 9.45. The van der Waals surface area contributed by atoms with Crippen molar-refractivity contribution >= 4 is 23.9 Å². The standard InChI is InChI=1S/C21H32N2O3S.C2H6/c1-6-18(26-5)12-11-17(2)21(15-24)27-20-10-8-7-9-19(20)23(16-25)14-13-22(3)4;1-2/h7-12,16,21,24H,6,13-15H2,1-5H3;1-2H3/b17-11+,18-12+;. The number of aliphatic hydroxyl groups excluding tert-OH is 1. The van der Waals surface area contributed by atoms with Crippen LogP contribution in [0.15, 0.2) is 52.6 Å². The Labute approximate surface area is 181 Å². The van der Waals surface area contributed by atoms with Crippen LogP contribution < -0.4 is 4.90 Å². The largest absolute Gasteiger partial charge is 0.501 e. The fraction of sp³-hybridized carbons (Fsp3) is 0.522. The van der Waals surface area contributed by atoms with Gasteiger partial charge in [-0.3, -0.25) is 4.79 Å². The molecule has 1 atom stereocenters. The minimum absolute atomic E-state index is 0.0163. The topological polar surface area (TPSA) is 53.0 Å². The van der Waals surface area contributed by atoms with Gasteiger partial charge in [-0.15, -0.1) is 11.8 Å². The van der Waals surface area contributed by atoms with Gasteiger partial charge in [-0.25, -0.2) is 0 Å². The summed E-state index contributed by atoms with van der Waals surface area (Å²) in [6.07, 6.45) is 5.62. The lowest BCUT2D eigenvalue weighted by molar-refractivity contribution is -0.107. The molecule has 5 nitrogen and oxygen atoms in total. The van der Waals surface area contributed by atoms with E-state index in [0.717, 1.165) is 41.3 Å². The van der Waals surface area contributed by atoms with Crippen LogP contribution in [0.2, 0.25) is 0 Å². The van der Waals surface area contributed by atoms with Crippen LogP contribution in [-0.4, -0.2) is 62.6 Å². The number of carbonyl (C=O) groups is 1. The predicted molar refractivity (Wildman–Crippen MR) is 126 cm³/mol. The highest BCUT2D eigenvalue weighted by atomic mass is 32.2. The summed E-state index contributed by atoms with van der Waals surface area (Å²) in [4.78, 5) is 16.4. The lowest BCUT2D eigenvalue weighted by Gasteiger charge is -2.24. The number of ether oxygens (including phenoxy) is 1. The van der Waals surface area contributed by atoms with Crippen molar-refractivity contribution in [3.63, 3.8) is 0 Å². The van der Waals surface area contributed by atoms with Gasteiger partial charge in [0, 0.05) is 24.4 Å². The number of thioether (sulfide) groups is 1. The smallest absolute Gasteiger partial charge is 0.214 e. The third kappa shape index (κ3) is 10.0. The molecule has 0 heterocycles. The summed E-state index contributed by atoms with van der Waals surface area (Å²) in [7, 11) is 5.63. The first kappa shape index (κ1) is 27.2. The van der Waals surface area contributed by atoms with E-state index in [1.54, 1.807) is 23.8 Å². The van der Waals surface area contributed by atoms with Crippen LogP contribution in [0.1, 0.15) is 34.1 Å². The predicted octanol–water partition coefficient (Wildman–Crippen LogP) is 4.58. The number of amides is 1. The maximum Gasteiger partial charge on any atom is 0.214 e. The molecule has 1 N–H and O–H groups in total. The number of allylic oxidation sites excluding steroid dienone is 3. The summed E-state index contributed by atoms with van der Waals surface area (Å²) < 4.78 is 5.29. The highest BCUT2D eigenvalue weighted by Gasteiger charge is 2.17. The van der Waals surface area contributed by atoms with E-state index in [-0.39, 0.29) is 11.9 Å². The first-order valence-corrected chi connectivity index (χ1v) is 11.0. The number of anilines is 1. The van der Waals surface area contributed by atoms with E-state index in [0.29, 0.717) is 6.54 Å². The molecule has 0 aliphatic heterocycles. The number of aliphatic hydroxyl groups is 1. The molecule has 1 aromatic rings. The zero-order chi connectivity index (χ0) is 22.2. The number of hydrogen-bond acceptors (Lipinski definition) is 5. The highest BCUT2D eigenvalue weighted by molar-refractivity contribution is 8.00. The third-order valence-electron chi connectivity index (χ3n) is 4.18. The van der Waals surface area contributed by atoms with E-state index < -0.39 is 0 Å². The molecule has 6 heteroatoms. The molecular weight excluding hydrogens is 384 g/mol. The second kappa shape index (κ2) is 16.1. The fourth-order valence-corrected chi connectivity index (χ4v) is 3.53. The molecule has 0 aromatic heterocycles. The molecular formula is C23H38N2O3S. The molecule has 0 radical (unpaired) electrons. The molecule has 0 fully saturated rings. The van der Waals surface area contributed by atoms with Gasteiger partial charge in [0.1, 0.15) is 0 Å². The van der Waals surface area contributed by atoms with Gasteiger partial charge >= 0.3 is 0 Å². The van der Waals surface area contributed by atoms with Crippen LogP contribution in [-0.2, 0) is 9.53 Å². The van der Waals surface area contributed by atoms with E-state index in [2.05, 4.69) is 0 Å². The van der Waals surface area contributed by atoms with E-state index in [1.807, 2.05) is 83.1 Å². The number of nitrogens with zero attached hydrogens (tertiary/aromatic N) is 2. The number of hydrogen-bond donors (Lipinski definition) is 1. The van der Waals surface area contributed by atoms with E-state index in [9.17, 15) is 9.90 Å². The van der Waals surface area contributed by atoms with Gasteiger partial charge in [0.05, 0.1) is 30.4 Å². The Morgan fingerprint density at radius 3 is 2.38 bits per heavy atom. The average Bonchev–Trinajstić information content (AvgIpc) is 2.75. The first-order chi connectivity index (χ1) is 14.0. The van der Waals surface area contributed by atoms with Crippen LogP contribution in [0, 0.1) is 0 Å². The molecule has 1 amide bonds. The molecule has 1 unspecified atom stereocenters. The Bertz CT molecular complexity index is 639. The van der Waals surface area contributed by atoms with Gasteiger partial charge in [-0.05, 0) is 39.2 Å². The van der Waals surface area contributed by atoms with Gasteiger partial charge in [0.2, 0.25) is 6.41 Å². The Morgan fingerprint density at radius 2 is 1.86 bits per heavy atom. The van der Waals surface area contributed by atoms with Crippen molar-refractivity contribution in [3.8, 4) is 0 Å². The van der Waals surface area contributed by atoms with E-state index >= 15 is 0 Å². The second-order valence-electron chi connectivity index (χ2n) is 6.46. The summed E-state index contributed by atoms with van der Waals surface area (Å²) in [5.41, 5.74) is 1.92. The molecule has 0 spiro atoms. The quantitative estimate of drug-likeness (QED) is 0.231. The number of carbonyl (C=O) groups excluding carboxylic acids is 1. The van der Waals surface area contributed by atoms with Gasteiger partial charge in [-0.1, -0.05) is 44.6 Å². The Kier molecular flexibility index (Phi) is 15.1. The third-order valence-corrected chi connectivity index (χ3v) is 5.58. The maximum atomic E-state index is 11.6. The van der Waals surface area contributed by atoms with Crippen molar-refractivity contribution in [2.45, 2.75) is 44.3 Å². The van der Waals surface area contributed by atoms with Gasteiger partial charge in [-0.2, -0.15) is 0 Å². The van der Waals surface area contributed by atoms with Crippen molar-refractivity contribution in [1.29, 1.82) is 0 Å². The molecule has 1 rings (SSSR count). The zero-order valence-electron chi connectivity index (χ0n) is 19.0. The molecule has 164 valence electrons. The number of likely N-dealkylation sites (N-methyl/N-ethyl adjacent to an activating group) is 1. The normalized spacial score (nSPS) is 12.9. The van der Waals surface area contributed by atoms with Gasteiger partial charge in [0.25, 0.3) is 0 Å². The van der Waals surface area contributed by atoms with Crippen LogP contribution in [0.25, 0.3) is 0 Å². The first-order valence-electron chi connectivity index (χ1n) is 10.1. The van der Waals surface area contributed by atoms with Gasteiger partial charge < -0.3 is 19.6 Å². The summed E-state index contributed by atoms with van der Waals surface area (Å²) >= 11 is 1.57. The minimum Gasteiger partial charge on any atom is -0.501 e. The van der Waals surface area contributed by atoms with Crippen LogP contribution >= 0.6 is 11.8 Å². The van der Waals surface area contributed by atoms with E-state index in [1.165, 1.54) is 0 Å². The summed E-state index contributed by atoms with van der Waals surface area (Å²) in [5, 5.41) is 9.80. The van der Waals surface area contributed by atoms with E-state index in [4.69, 9.17) is 4.74 Å². The number of para-hydroxylation sites is 1. The molecule has 0 saturated heterocycles. The number of methoxy groups -OCH3 is 1. The summed E-state index contributed by atoms with van der Waals surface area (Å²) in [5.74, 6) is 0.896. The average molecular weight is 423 g/mol. The Balaban J connectivity index is 0.00000379. The molecule has 0 saturated carbocycles. The lowest BCUT2D eigenvalue weighted by Crippen LogP contribution is -2.31. The molecule has 0 bridgehead atoms. The Morgan fingerprint density at radius 1 is 1.21 bits per heavy atom. The number of benzene rings is 1. The molecule has 0 aliphatic carbocycles. The molecule has 29 heavy (non-hydrogen) atoms. The maximum absolute atomic E-state index is 11.6. The highest BCUT2D eigenvalue weighted by Crippen LogP contribution is 2.35.